The van der Waals surface area contributed by atoms with E-state index in [2.05, 4.69) is 0 Å². The van der Waals surface area contributed by atoms with Crippen molar-refractivity contribution in [1.29, 1.82) is 0 Å². The molecule has 6 rings (SSSR count). The van der Waals surface area contributed by atoms with E-state index >= 15 is 0 Å². The number of hydrogen-bond donors (Lipinski definition) is 1. The molecule has 0 radical (unpaired) electrons. The Morgan fingerprint density at radius 1 is 1.11 bits per heavy atom. The Morgan fingerprint density at radius 3 is 2.61 bits per heavy atom. The van der Waals surface area contributed by atoms with E-state index in [0.717, 1.165) is 32.7 Å². The number of amides is 1. The van der Waals surface area contributed by atoms with Crippen LogP contribution in [0.1, 0.15) is 40.8 Å². The standard InChI is InChI=1S/C30H26N2O5S/c1-15-11-16(2)25-23(12-15)38-30(31-25)32-26(18-5-8-21(36-4)9-6-18)24(28(34)29(32)35)27(33)19-7-10-22-20(14-19)13-17(3)37-22/h5-12,14,17,26,33H,13H2,1-4H3. The van der Waals surface area contributed by atoms with Gasteiger partial charge in [-0.05, 0) is 79.4 Å². The highest BCUT2D eigenvalue weighted by atomic mass is 32.1. The molecule has 2 aliphatic rings. The number of ether oxygens (including phenoxy) is 2. The summed E-state index contributed by atoms with van der Waals surface area (Å²) in [7, 11) is 1.57. The zero-order valence-electron chi connectivity index (χ0n) is 21.4. The first-order valence-corrected chi connectivity index (χ1v) is 13.2. The molecule has 1 aromatic heterocycles. The molecule has 7 nitrogen and oxygen atoms in total. The predicted octanol–water partition coefficient (Wildman–Crippen LogP) is 5.87. The van der Waals surface area contributed by atoms with Gasteiger partial charge in [0.1, 0.15) is 23.4 Å². The first kappa shape index (κ1) is 24.2. The van der Waals surface area contributed by atoms with E-state index in [4.69, 9.17) is 14.5 Å². The summed E-state index contributed by atoms with van der Waals surface area (Å²) in [5, 5.41) is 11.9. The Morgan fingerprint density at radius 2 is 1.87 bits per heavy atom. The van der Waals surface area contributed by atoms with Gasteiger partial charge in [0, 0.05) is 12.0 Å². The lowest BCUT2D eigenvalue weighted by atomic mass is 9.94. The van der Waals surface area contributed by atoms with Crippen molar-refractivity contribution >= 4 is 44.1 Å². The van der Waals surface area contributed by atoms with Crippen LogP contribution < -0.4 is 14.4 Å². The summed E-state index contributed by atoms with van der Waals surface area (Å²) in [5.74, 6) is -0.285. The highest BCUT2D eigenvalue weighted by Crippen LogP contribution is 2.45. The topological polar surface area (TPSA) is 89.0 Å². The summed E-state index contributed by atoms with van der Waals surface area (Å²) in [6.07, 6.45) is 0.746. The minimum Gasteiger partial charge on any atom is -0.507 e. The summed E-state index contributed by atoms with van der Waals surface area (Å²) < 4.78 is 12.0. The Labute approximate surface area is 224 Å². The zero-order valence-corrected chi connectivity index (χ0v) is 22.3. The van der Waals surface area contributed by atoms with Crippen molar-refractivity contribution < 1.29 is 24.2 Å². The van der Waals surface area contributed by atoms with Crippen molar-refractivity contribution in [2.24, 2.45) is 0 Å². The van der Waals surface area contributed by atoms with E-state index in [9.17, 15) is 14.7 Å². The second kappa shape index (κ2) is 8.99. The number of methoxy groups -OCH3 is 1. The van der Waals surface area contributed by atoms with Crippen molar-refractivity contribution in [3.05, 3.63) is 88.0 Å². The Kier molecular flexibility index (Phi) is 5.72. The minimum atomic E-state index is -0.855. The number of aliphatic hydroxyl groups is 1. The molecule has 1 N–H and O–H groups in total. The Bertz CT molecular complexity index is 1650. The van der Waals surface area contributed by atoms with E-state index in [1.165, 1.54) is 16.2 Å². The van der Waals surface area contributed by atoms with Crippen LogP contribution in [0.4, 0.5) is 5.13 Å². The number of aromatic nitrogens is 1. The average molecular weight is 527 g/mol. The van der Waals surface area contributed by atoms with E-state index in [0.29, 0.717) is 28.4 Å². The zero-order chi connectivity index (χ0) is 26.7. The third-order valence-corrected chi connectivity index (χ3v) is 8.07. The number of aliphatic hydroxyl groups excluding tert-OH is 1. The third kappa shape index (κ3) is 3.83. The quantitative estimate of drug-likeness (QED) is 0.203. The van der Waals surface area contributed by atoms with Gasteiger partial charge in [0.05, 0.1) is 28.9 Å². The maximum Gasteiger partial charge on any atom is 0.301 e. The molecule has 2 atom stereocenters. The number of rotatable bonds is 4. The van der Waals surface area contributed by atoms with Crippen LogP contribution in [-0.4, -0.2) is 35.0 Å². The van der Waals surface area contributed by atoms with Gasteiger partial charge in [-0.25, -0.2) is 4.98 Å². The van der Waals surface area contributed by atoms with Crippen LogP contribution in [0.25, 0.3) is 16.0 Å². The average Bonchev–Trinajstić information content (AvgIpc) is 3.56. The van der Waals surface area contributed by atoms with Gasteiger partial charge in [0.2, 0.25) is 0 Å². The molecule has 0 saturated carbocycles. The molecule has 2 aliphatic heterocycles. The second-order valence-corrected chi connectivity index (χ2v) is 10.8. The van der Waals surface area contributed by atoms with Gasteiger partial charge in [-0.15, -0.1) is 0 Å². The molecular weight excluding hydrogens is 500 g/mol. The van der Waals surface area contributed by atoms with Gasteiger partial charge in [0.15, 0.2) is 5.13 Å². The largest absolute Gasteiger partial charge is 0.507 e. The van der Waals surface area contributed by atoms with E-state index < -0.39 is 17.7 Å². The summed E-state index contributed by atoms with van der Waals surface area (Å²) in [6.45, 7) is 5.97. The number of hydrogen-bond acceptors (Lipinski definition) is 7. The van der Waals surface area contributed by atoms with Crippen molar-refractivity contribution in [3.63, 3.8) is 0 Å². The summed E-state index contributed by atoms with van der Waals surface area (Å²) >= 11 is 1.36. The molecule has 3 heterocycles. The smallest absolute Gasteiger partial charge is 0.301 e. The maximum atomic E-state index is 13.6. The van der Waals surface area contributed by atoms with Gasteiger partial charge in [-0.3, -0.25) is 14.5 Å². The lowest BCUT2D eigenvalue weighted by Gasteiger charge is -2.23. The molecule has 1 fully saturated rings. The van der Waals surface area contributed by atoms with Gasteiger partial charge in [-0.1, -0.05) is 29.5 Å². The van der Waals surface area contributed by atoms with Crippen LogP contribution in [0.5, 0.6) is 11.5 Å². The monoisotopic (exact) mass is 526 g/mol. The van der Waals surface area contributed by atoms with E-state index in [-0.39, 0.29) is 17.4 Å². The molecule has 0 bridgehead atoms. The Hall–Kier alpha value is -4.17. The Balaban J connectivity index is 1.54. The maximum absolute atomic E-state index is 13.6. The van der Waals surface area contributed by atoms with Crippen LogP contribution >= 0.6 is 11.3 Å². The lowest BCUT2D eigenvalue weighted by molar-refractivity contribution is -0.132. The van der Waals surface area contributed by atoms with Crippen LogP contribution in [0, 0.1) is 13.8 Å². The van der Waals surface area contributed by atoms with E-state index in [1.54, 1.807) is 43.5 Å². The van der Waals surface area contributed by atoms with Crippen LogP contribution in [-0.2, 0) is 16.0 Å². The summed E-state index contributed by atoms with van der Waals surface area (Å²) in [6, 6.07) is 15.7. The molecule has 8 heteroatoms. The van der Waals surface area contributed by atoms with Gasteiger partial charge in [0.25, 0.3) is 5.78 Å². The van der Waals surface area contributed by atoms with Gasteiger partial charge < -0.3 is 14.6 Å². The minimum absolute atomic E-state index is 0.0271. The van der Waals surface area contributed by atoms with Crippen LogP contribution in [0.15, 0.2) is 60.2 Å². The number of benzene rings is 3. The van der Waals surface area contributed by atoms with Crippen LogP contribution in [0.3, 0.4) is 0 Å². The number of anilines is 1. The molecular formula is C30H26N2O5S. The molecule has 0 aliphatic carbocycles. The van der Waals surface area contributed by atoms with Crippen LogP contribution in [0.2, 0.25) is 0 Å². The normalized spacial score (nSPS) is 20.2. The summed E-state index contributed by atoms with van der Waals surface area (Å²) in [5.41, 5.74) is 4.99. The number of carbonyl (C=O) groups excluding carboxylic acids is 2. The number of carbonyl (C=O) groups is 2. The molecule has 1 amide bonds. The number of fused-ring (bicyclic) bond motifs is 2. The lowest BCUT2D eigenvalue weighted by Crippen LogP contribution is -2.29. The number of aryl methyl sites for hydroxylation is 2. The molecule has 192 valence electrons. The summed E-state index contributed by atoms with van der Waals surface area (Å²) in [4.78, 5) is 33.3. The second-order valence-electron chi connectivity index (χ2n) is 9.82. The third-order valence-electron chi connectivity index (χ3n) is 7.07. The fourth-order valence-electron chi connectivity index (χ4n) is 5.32. The predicted molar refractivity (Wildman–Crippen MR) is 147 cm³/mol. The van der Waals surface area contributed by atoms with Crippen molar-refractivity contribution in [1.82, 2.24) is 4.98 Å². The highest BCUT2D eigenvalue weighted by Gasteiger charge is 2.48. The van der Waals surface area contributed by atoms with Gasteiger partial charge >= 0.3 is 5.91 Å². The molecule has 0 spiro atoms. The fourth-order valence-corrected chi connectivity index (χ4v) is 6.49. The molecule has 2 unspecified atom stereocenters. The van der Waals surface area contributed by atoms with Crippen molar-refractivity contribution in [2.45, 2.75) is 39.3 Å². The van der Waals surface area contributed by atoms with Gasteiger partial charge in [-0.2, -0.15) is 0 Å². The number of thiazole rings is 1. The first-order valence-electron chi connectivity index (χ1n) is 12.4. The van der Waals surface area contributed by atoms with E-state index in [1.807, 2.05) is 39.0 Å². The van der Waals surface area contributed by atoms with Crippen molar-refractivity contribution in [3.8, 4) is 11.5 Å². The number of ketones is 1. The SMILES string of the molecule is COc1ccc(C2C(=C(O)c3ccc4c(c3)CC(C)O4)C(=O)C(=O)N2c2nc3c(C)cc(C)cc3s2)cc1. The fraction of sp³-hybridized carbons (Fsp3) is 0.233. The highest BCUT2D eigenvalue weighted by molar-refractivity contribution is 7.22. The number of Topliss-reactive ketones (excluding diaryl/α,β-unsaturated/α-hetero) is 1. The first-order chi connectivity index (χ1) is 18.2. The molecule has 4 aromatic rings. The molecule has 38 heavy (non-hydrogen) atoms. The number of nitrogens with zero attached hydrogens (tertiary/aromatic N) is 2. The molecule has 1 saturated heterocycles. The van der Waals surface area contributed by atoms with Crippen molar-refractivity contribution in [2.75, 3.05) is 12.0 Å². The molecule has 3 aromatic carbocycles.